The third kappa shape index (κ3) is 4.37. The molecule has 1 saturated carbocycles. The number of thiol groups is 1. The zero-order valence-electron chi connectivity index (χ0n) is 8.67. The van der Waals surface area contributed by atoms with E-state index in [9.17, 15) is 0 Å². The monoisotopic (exact) mass is 202 g/mol. The van der Waals surface area contributed by atoms with E-state index < -0.39 is 0 Å². The maximum Gasteiger partial charge on any atom is 0.0613 e. The molecular formula is C11H22OS. The summed E-state index contributed by atoms with van der Waals surface area (Å²) in [5.41, 5.74) is 0. The van der Waals surface area contributed by atoms with Crippen LogP contribution in [-0.2, 0) is 4.18 Å². The van der Waals surface area contributed by atoms with Crippen molar-refractivity contribution < 1.29 is 4.18 Å². The van der Waals surface area contributed by atoms with Gasteiger partial charge in [0.05, 0.1) is 6.61 Å². The van der Waals surface area contributed by atoms with Crippen molar-refractivity contribution in [3.05, 3.63) is 0 Å². The lowest BCUT2D eigenvalue weighted by Gasteiger charge is -2.27. The highest BCUT2D eigenvalue weighted by atomic mass is 32.1. The van der Waals surface area contributed by atoms with E-state index in [0.29, 0.717) is 0 Å². The SMILES string of the molecule is CCCC1CCC(CCOS)CC1. The highest BCUT2D eigenvalue weighted by Gasteiger charge is 2.19. The average molecular weight is 202 g/mol. The van der Waals surface area contributed by atoms with Crippen molar-refractivity contribution in [2.24, 2.45) is 11.8 Å². The molecule has 0 saturated heterocycles. The Morgan fingerprint density at radius 3 is 2.08 bits per heavy atom. The molecule has 0 aliphatic heterocycles. The minimum absolute atomic E-state index is 0.826. The molecule has 0 heterocycles. The third-order valence-electron chi connectivity index (χ3n) is 3.28. The molecule has 1 fully saturated rings. The summed E-state index contributed by atoms with van der Waals surface area (Å²) < 4.78 is 4.81. The van der Waals surface area contributed by atoms with E-state index in [1.807, 2.05) is 0 Å². The van der Waals surface area contributed by atoms with Crippen LogP contribution < -0.4 is 0 Å². The van der Waals surface area contributed by atoms with Crippen LogP contribution in [0.5, 0.6) is 0 Å². The van der Waals surface area contributed by atoms with Gasteiger partial charge in [-0.15, -0.1) is 0 Å². The topological polar surface area (TPSA) is 9.23 Å². The molecule has 0 radical (unpaired) electrons. The highest BCUT2D eigenvalue weighted by molar-refractivity contribution is 7.75. The van der Waals surface area contributed by atoms with E-state index >= 15 is 0 Å². The molecule has 78 valence electrons. The van der Waals surface area contributed by atoms with Crippen molar-refractivity contribution in [2.75, 3.05) is 6.61 Å². The van der Waals surface area contributed by atoms with Crippen molar-refractivity contribution in [1.82, 2.24) is 0 Å². The molecule has 0 N–H and O–H groups in total. The molecule has 1 nitrogen and oxygen atoms in total. The molecule has 1 rings (SSSR count). The third-order valence-corrected chi connectivity index (χ3v) is 3.46. The normalized spacial score (nSPS) is 29.1. The van der Waals surface area contributed by atoms with Gasteiger partial charge in [0.1, 0.15) is 0 Å². The molecule has 13 heavy (non-hydrogen) atoms. The second-order valence-corrected chi connectivity index (χ2v) is 4.56. The Balaban J connectivity index is 2.08. The predicted octanol–water partition coefficient (Wildman–Crippen LogP) is 3.84. The van der Waals surface area contributed by atoms with Gasteiger partial charge in [0.2, 0.25) is 0 Å². The summed E-state index contributed by atoms with van der Waals surface area (Å²) in [6.45, 7) is 3.12. The van der Waals surface area contributed by atoms with E-state index in [1.54, 1.807) is 0 Å². The van der Waals surface area contributed by atoms with Crippen LogP contribution in [0.25, 0.3) is 0 Å². The van der Waals surface area contributed by atoms with Gasteiger partial charge < -0.3 is 4.18 Å². The Kier molecular flexibility index (Phi) is 5.88. The standard InChI is InChI=1S/C11H22OS/c1-2-3-10-4-6-11(7-5-10)8-9-12-13/h10-11,13H,2-9H2,1H3. The van der Waals surface area contributed by atoms with Crippen LogP contribution in [0.2, 0.25) is 0 Å². The second kappa shape index (κ2) is 6.72. The van der Waals surface area contributed by atoms with Gasteiger partial charge in [-0.1, -0.05) is 45.4 Å². The highest BCUT2D eigenvalue weighted by Crippen LogP contribution is 2.33. The lowest BCUT2D eigenvalue weighted by atomic mass is 9.79. The maximum absolute atomic E-state index is 4.81. The van der Waals surface area contributed by atoms with Crippen molar-refractivity contribution in [1.29, 1.82) is 0 Å². The predicted molar refractivity (Wildman–Crippen MR) is 59.9 cm³/mol. The van der Waals surface area contributed by atoms with Crippen LogP contribution in [0.4, 0.5) is 0 Å². The molecule has 0 unspecified atom stereocenters. The molecule has 0 atom stereocenters. The van der Waals surface area contributed by atoms with E-state index in [-0.39, 0.29) is 0 Å². The van der Waals surface area contributed by atoms with Gasteiger partial charge in [0.25, 0.3) is 0 Å². The Hall–Kier alpha value is 0.310. The summed E-state index contributed by atoms with van der Waals surface area (Å²) in [5.74, 6) is 1.94. The first-order valence-corrected chi connectivity index (χ1v) is 5.99. The lowest BCUT2D eigenvalue weighted by Crippen LogP contribution is -2.15. The first kappa shape index (κ1) is 11.4. The van der Waals surface area contributed by atoms with Crippen molar-refractivity contribution >= 4 is 12.9 Å². The molecule has 2 heteroatoms. The molecule has 0 spiro atoms. The van der Waals surface area contributed by atoms with Gasteiger partial charge in [-0.2, -0.15) is 0 Å². The van der Waals surface area contributed by atoms with Crippen LogP contribution in [0.15, 0.2) is 0 Å². The fraction of sp³-hybridized carbons (Fsp3) is 1.00. The lowest BCUT2D eigenvalue weighted by molar-refractivity contribution is 0.224. The summed E-state index contributed by atoms with van der Waals surface area (Å²) >= 11 is 3.77. The van der Waals surface area contributed by atoms with E-state index in [0.717, 1.165) is 18.4 Å². The second-order valence-electron chi connectivity index (χ2n) is 4.30. The average Bonchev–Trinajstić information content (AvgIpc) is 2.17. The first-order valence-electron chi connectivity index (χ1n) is 5.63. The molecule has 1 aliphatic carbocycles. The number of rotatable bonds is 5. The molecule has 1 aliphatic rings. The largest absolute Gasteiger partial charge is 0.318 e. The Morgan fingerprint density at radius 1 is 1.08 bits per heavy atom. The van der Waals surface area contributed by atoms with Crippen molar-refractivity contribution in [3.63, 3.8) is 0 Å². The summed E-state index contributed by atoms with van der Waals surface area (Å²) in [5, 5.41) is 0. The summed E-state index contributed by atoms with van der Waals surface area (Å²) in [6.07, 6.45) is 9.74. The van der Waals surface area contributed by atoms with E-state index in [2.05, 4.69) is 19.8 Å². The number of hydrogen-bond donors (Lipinski definition) is 1. The minimum Gasteiger partial charge on any atom is -0.318 e. The molecule has 0 aromatic carbocycles. The molecule has 0 aromatic heterocycles. The van der Waals surface area contributed by atoms with Crippen LogP contribution in [-0.4, -0.2) is 6.61 Å². The van der Waals surface area contributed by atoms with Crippen LogP contribution >= 0.6 is 12.9 Å². The minimum atomic E-state index is 0.826. The molecular weight excluding hydrogens is 180 g/mol. The van der Waals surface area contributed by atoms with Gasteiger partial charge in [0.15, 0.2) is 0 Å². The quantitative estimate of drug-likeness (QED) is 0.526. The van der Waals surface area contributed by atoms with E-state index in [1.165, 1.54) is 44.9 Å². The summed E-state index contributed by atoms with van der Waals surface area (Å²) in [6, 6.07) is 0. The summed E-state index contributed by atoms with van der Waals surface area (Å²) in [4.78, 5) is 0. The zero-order valence-corrected chi connectivity index (χ0v) is 9.56. The Morgan fingerprint density at radius 2 is 1.62 bits per heavy atom. The zero-order chi connectivity index (χ0) is 9.52. The van der Waals surface area contributed by atoms with Gasteiger partial charge in [-0.3, -0.25) is 0 Å². The van der Waals surface area contributed by atoms with Gasteiger partial charge in [0, 0.05) is 0 Å². The fourth-order valence-corrected chi connectivity index (χ4v) is 2.54. The molecule has 0 bridgehead atoms. The molecule has 0 amide bonds. The van der Waals surface area contributed by atoms with Crippen LogP contribution in [0, 0.1) is 11.8 Å². The van der Waals surface area contributed by atoms with Gasteiger partial charge in [-0.05, 0) is 31.2 Å². The van der Waals surface area contributed by atoms with Crippen LogP contribution in [0.3, 0.4) is 0 Å². The van der Waals surface area contributed by atoms with E-state index in [4.69, 9.17) is 4.18 Å². The fourth-order valence-electron chi connectivity index (χ4n) is 2.44. The van der Waals surface area contributed by atoms with Gasteiger partial charge in [-0.25, -0.2) is 0 Å². The smallest absolute Gasteiger partial charge is 0.0613 e. The Bertz CT molecular complexity index is 119. The first-order chi connectivity index (χ1) is 6.36. The van der Waals surface area contributed by atoms with Crippen molar-refractivity contribution in [3.8, 4) is 0 Å². The Labute approximate surface area is 87.9 Å². The maximum atomic E-state index is 4.81. The van der Waals surface area contributed by atoms with Crippen LogP contribution in [0.1, 0.15) is 51.9 Å². The molecule has 0 aromatic rings. The van der Waals surface area contributed by atoms with Crippen molar-refractivity contribution in [2.45, 2.75) is 51.9 Å². The summed E-state index contributed by atoms with van der Waals surface area (Å²) in [7, 11) is 0. The number of hydrogen-bond acceptors (Lipinski definition) is 2. The van der Waals surface area contributed by atoms with Gasteiger partial charge >= 0.3 is 0 Å².